The smallest absolute Gasteiger partial charge is 0.165 e. The van der Waals surface area contributed by atoms with Crippen molar-refractivity contribution in [2.75, 3.05) is 0 Å². The van der Waals surface area contributed by atoms with Crippen LogP contribution < -0.4 is 5.73 Å². The molecule has 90 valence electrons. The molecule has 0 unspecified atom stereocenters. The molecule has 1 aromatic carbocycles. The zero-order valence-corrected chi connectivity index (χ0v) is 10.1. The van der Waals surface area contributed by atoms with Gasteiger partial charge in [-0.15, -0.1) is 12.4 Å². The summed E-state index contributed by atoms with van der Waals surface area (Å²) in [5.41, 5.74) is 7.41. The molecular formula is C12H17ClFNO. The van der Waals surface area contributed by atoms with E-state index < -0.39 is 5.82 Å². The first-order chi connectivity index (χ1) is 7.09. The fourth-order valence-corrected chi connectivity index (χ4v) is 1.98. The topological polar surface area (TPSA) is 46.2 Å². The van der Waals surface area contributed by atoms with Crippen LogP contribution in [-0.2, 0) is 0 Å². The zero-order chi connectivity index (χ0) is 11.0. The van der Waals surface area contributed by atoms with E-state index in [0.717, 1.165) is 12.0 Å². The average Bonchev–Trinajstić information content (AvgIpc) is 2.96. The molecule has 16 heavy (non-hydrogen) atoms. The molecule has 1 aliphatic rings. The Morgan fingerprint density at radius 3 is 2.69 bits per heavy atom. The summed E-state index contributed by atoms with van der Waals surface area (Å²) in [5.74, 6) is -0.188. The van der Waals surface area contributed by atoms with Crippen LogP contribution in [0, 0.1) is 18.7 Å². The molecule has 2 rings (SSSR count). The van der Waals surface area contributed by atoms with Crippen molar-refractivity contribution >= 4 is 12.4 Å². The number of phenolic OH excluding ortho intramolecular Hbond substituents is 1. The van der Waals surface area contributed by atoms with Gasteiger partial charge in [0, 0.05) is 11.6 Å². The number of hydrogen-bond donors (Lipinski definition) is 2. The van der Waals surface area contributed by atoms with E-state index in [2.05, 4.69) is 0 Å². The van der Waals surface area contributed by atoms with Crippen LogP contribution in [0.4, 0.5) is 4.39 Å². The van der Waals surface area contributed by atoms with Crippen LogP contribution in [-0.4, -0.2) is 5.11 Å². The molecule has 1 fully saturated rings. The second-order valence-electron chi connectivity index (χ2n) is 4.41. The molecule has 0 amide bonds. The number of benzene rings is 1. The summed E-state index contributed by atoms with van der Waals surface area (Å²) < 4.78 is 13.2. The molecule has 0 bridgehead atoms. The first kappa shape index (κ1) is 13.3. The zero-order valence-electron chi connectivity index (χ0n) is 9.24. The van der Waals surface area contributed by atoms with Gasteiger partial charge < -0.3 is 10.8 Å². The van der Waals surface area contributed by atoms with E-state index in [1.807, 2.05) is 6.92 Å². The normalized spacial score (nSPS) is 16.7. The van der Waals surface area contributed by atoms with Crippen LogP contribution in [0.1, 0.15) is 36.4 Å². The predicted molar refractivity (Wildman–Crippen MR) is 64.3 cm³/mol. The largest absolute Gasteiger partial charge is 0.505 e. The van der Waals surface area contributed by atoms with Gasteiger partial charge in [0.1, 0.15) is 0 Å². The molecule has 0 saturated heterocycles. The van der Waals surface area contributed by atoms with Crippen LogP contribution in [0.25, 0.3) is 0 Å². The number of rotatable bonds is 3. The summed E-state index contributed by atoms with van der Waals surface area (Å²) in [6, 6.07) is 2.70. The van der Waals surface area contributed by atoms with Gasteiger partial charge in [-0.1, -0.05) is 18.9 Å². The fraction of sp³-hybridized carbons (Fsp3) is 0.500. The SMILES string of the molecule is Cc1ccc(F)c(O)c1[C@@H](N)CC1CC1.Cl. The van der Waals surface area contributed by atoms with Gasteiger partial charge in [0.15, 0.2) is 11.6 Å². The number of aromatic hydroxyl groups is 1. The lowest BCUT2D eigenvalue weighted by molar-refractivity contribution is 0.415. The van der Waals surface area contributed by atoms with Crippen molar-refractivity contribution in [2.24, 2.45) is 11.7 Å². The Hall–Kier alpha value is -0.800. The lowest BCUT2D eigenvalue weighted by atomic mass is 9.96. The van der Waals surface area contributed by atoms with E-state index >= 15 is 0 Å². The summed E-state index contributed by atoms with van der Waals surface area (Å²) in [4.78, 5) is 0. The molecule has 1 atom stereocenters. The molecule has 1 aliphatic carbocycles. The number of hydrogen-bond acceptors (Lipinski definition) is 2. The second kappa shape index (κ2) is 5.02. The minimum atomic E-state index is -0.582. The maximum atomic E-state index is 13.2. The number of phenols is 1. The molecule has 3 N–H and O–H groups in total. The van der Waals surface area contributed by atoms with Gasteiger partial charge in [0.05, 0.1) is 0 Å². The Morgan fingerprint density at radius 1 is 1.50 bits per heavy atom. The molecule has 4 heteroatoms. The Bertz CT molecular complexity index is 380. The average molecular weight is 246 g/mol. The molecular weight excluding hydrogens is 229 g/mol. The second-order valence-corrected chi connectivity index (χ2v) is 4.41. The summed E-state index contributed by atoms with van der Waals surface area (Å²) in [6.07, 6.45) is 3.27. The van der Waals surface area contributed by atoms with Gasteiger partial charge in [0.2, 0.25) is 0 Å². The number of nitrogens with two attached hydrogens (primary N) is 1. The van der Waals surface area contributed by atoms with Crippen molar-refractivity contribution in [3.05, 3.63) is 29.1 Å². The van der Waals surface area contributed by atoms with E-state index in [9.17, 15) is 9.50 Å². The molecule has 0 radical (unpaired) electrons. The third-order valence-corrected chi connectivity index (χ3v) is 3.04. The van der Waals surface area contributed by atoms with Gasteiger partial charge in [-0.2, -0.15) is 0 Å². The van der Waals surface area contributed by atoms with Gasteiger partial charge in [-0.05, 0) is 30.9 Å². The van der Waals surface area contributed by atoms with Gasteiger partial charge in [0.25, 0.3) is 0 Å². The first-order valence-corrected chi connectivity index (χ1v) is 5.33. The highest BCUT2D eigenvalue weighted by molar-refractivity contribution is 5.85. The Balaban J connectivity index is 0.00000128. The van der Waals surface area contributed by atoms with E-state index in [0.29, 0.717) is 11.5 Å². The third-order valence-electron chi connectivity index (χ3n) is 3.04. The monoisotopic (exact) mass is 245 g/mol. The van der Waals surface area contributed by atoms with Crippen molar-refractivity contribution in [3.8, 4) is 5.75 Å². The highest BCUT2D eigenvalue weighted by atomic mass is 35.5. The van der Waals surface area contributed by atoms with Gasteiger partial charge >= 0.3 is 0 Å². The van der Waals surface area contributed by atoms with Crippen LogP contribution in [0.3, 0.4) is 0 Å². The van der Waals surface area contributed by atoms with Crippen LogP contribution in [0.5, 0.6) is 5.75 Å². The number of aryl methyl sites for hydroxylation is 1. The number of halogens is 2. The maximum Gasteiger partial charge on any atom is 0.165 e. The quantitative estimate of drug-likeness (QED) is 0.860. The predicted octanol–water partition coefficient (Wildman–Crippen LogP) is 3.06. The molecule has 0 aliphatic heterocycles. The molecule has 1 aromatic rings. The molecule has 0 aromatic heterocycles. The molecule has 2 nitrogen and oxygen atoms in total. The van der Waals surface area contributed by atoms with Crippen molar-refractivity contribution < 1.29 is 9.50 Å². The summed E-state index contributed by atoms with van der Waals surface area (Å²) in [6.45, 7) is 1.85. The molecule has 0 spiro atoms. The van der Waals surface area contributed by atoms with Gasteiger partial charge in [-0.25, -0.2) is 4.39 Å². The lowest BCUT2D eigenvalue weighted by Gasteiger charge is -2.16. The van der Waals surface area contributed by atoms with Crippen LogP contribution in [0.2, 0.25) is 0 Å². The van der Waals surface area contributed by atoms with E-state index in [1.54, 1.807) is 6.07 Å². The Kier molecular flexibility index (Phi) is 4.16. The van der Waals surface area contributed by atoms with Crippen LogP contribution >= 0.6 is 12.4 Å². The van der Waals surface area contributed by atoms with Gasteiger partial charge in [-0.3, -0.25) is 0 Å². The maximum absolute atomic E-state index is 13.2. The first-order valence-electron chi connectivity index (χ1n) is 5.33. The lowest BCUT2D eigenvalue weighted by Crippen LogP contribution is -2.13. The van der Waals surface area contributed by atoms with Crippen LogP contribution in [0.15, 0.2) is 12.1 Å². The minimum absolute atomic E-state index is 0. The summed E-state index contributed by atoms with van der Waals surface area (Å²) >= 11 is 0. The fourth-order valence-electron chi connectivity index (χ4n) is 1.98. The third kappa shape index (κ3) is 2.66. The molecule has 0 heterocycles. The highest BCUT2D eigenvalue weighted by Gasteiger charge is 2.27. The van der Waals surface area contributed by atoms with Crippen molar-refractivity contribution in [2.45, 2.75) is 32.2 Å². The van der Waals surface area contributed by atoms with Crippen molar-refractivity contribution in [1.82, 2.24) is 0 Å². The Morgan fingerprint density at radius 2 is 2.12 bits per heavy atom. The van der Waals surface area contributed by atoms with Crippen molar-refractivity contribution in [3.63, 3.8) is 0 Å². The standard InChI is InChI=1S/C12H16FNO.ClH/c1-7-2-5-9(13)12(15)11(7)10(14)6-8-3-4-8;/h2,5,8,10,15H,3-4,6,14H2,1H3;1H/t10-;/m0./s1. The minimum Gasteiger partial charge on any atom is -0.505 e. The highest BCUT2D eigenvalue weighted by Crippen LogP contribution is 2.39. The van der Waals surface area contributed by atoms with Crippen molar-refractivity contribution in [1.29, 1.82) is 0 Å². The summed E-state index contributed by atoms with van der Waals surface area (Å²) in [7, 11) is 0. The molecule has 1 saturated carbocycles. The van der Waals surface area contributed by atoms with E-state index in [1.165, 1.54) is 18.9 Å². The summed E-state index contributed by atoms with van der Waals surface area (Å²) in [5, 5.41) is 9.63. The Labute approximate surface area is 101 Å². The van der Waals surface area contributed by atoms with E-state index in [4.69, 9.17) is 5.73 Å². The van der Waals surface area contributed by atoms with E-state index in [-0.39, 0.29) is 24.2 Å².